The number of nitrogens with zero attached hydrogens (tertiary/aromatic N) is 2. The summed E-state index contributed by atoms with van der Waals surface area (Å²) in [5, 5.41) is 0. The van der Waals surface area contributed by atoms with Crippen LogP contribution in [0, 0.1) is 20.8 Å². The molecule has 0 bridgehead atoms. The quantitative estimate of drug-likeness (QED) is 0.112. The van der Waals surface area contributed by atoms with E-state index in [2.05, 4.69) is 31.9 Å². The Bertz CT molecular complexity index is 2590. The second-order valence-corrected chi connectivity index (χ2v) is 15.5. The summed E-state index contributed by atoms with van der Waals surface area (Å²) in [6, 6.07) is 27.8. The summed E-state index contributed by atoms with van der Waals surface area (Å²) in [6.07, 6.45) is -7.85. The van der Waals surface area contributed by atoms with Crippen LogP contribution in [0.15, 0.2) is 141 Å². The number of rotatable bonds is 7. The second-order valence-electron chi connectivity index (χ2n) is 13.7. The van der Waals surface area contributed by atoms with E-state index in [9.17, 15) is 26.3 Å². The van der Waals surface area contributed by atoms with Gasteiger partial charge in [0, 0.05) is 36.9 Å². The first-order valence-electron chi connectivity index (χ1n) is 17.4. The van der Waals surface area contributed by atoms with Crippen molar-refractivity contribution in [3.8, 4) is 22.4 Å². The number of hydrogen-bond donors (Lipinski definition) is 0. The van der Waals surface area contributed by atoms with Crippen molar-refractivity contribution in [2.24, 2.45) is 4.99 Å². The third-order valence-corrected chi connectivity index (χ3v) is 10.7. The van der Waals surface area contributed by atoms with Crippen LogP contribution in [-0.4, -0.2) is 17.6 Å². The van der Waals surface area contributed by atoms with Gasteiger partial charge in [-0.1, -0.05) is 98.1 Å². The second kappa shape index (κ2) is 15.4. The highest BCUT2D eigenvalue weighted by atomic mass is 79.9. The summed E-state index contributed by atoms with van der Waals surface area (Å²) in [5.41, 5.74) is 2.30. The maximum absolute atomic E-state index is 16.0. The van der Waals surface area contributed by atoms with E-state index in [1.165, 1.54) is 30.3 Å². The zero-order valence-corrected chi connectivity index (χ0v) is 33.5. The van der Waals surface area contributed by atoms with E-state index < -0.39 is 30.9 Å². The first-order valence-corrected chi connectivity index (χ1v) is 19.0. The molecule has 0 fully saturated rings. The van der Waals surface area contributed by atoms with Crippen LogP contribution >= 0.6 is 31.9 Å². The van der Waals surface area contributed by atoms with Crippen molar-refractivity contribution in [1.29, 1.82) is 0 Å². The molecule has 57 heavy (non-hydrogen) atoms. The molecule has 0 saturated heterocycles. The number of aryl methyl sites for hydroxylation is 3. The van der Waals surface area contributed by atoms with Gasteiger partial charge in [0.2, 0.25) is 0 Å². The summed E-state index contributed by atoms with van der Waals surface area (Å²) in [4.78, 5) is 5.04. The van der Waals surface area contributed by atoms with Crippen LogP contribution in [0.25, 0.3) is 33.5 Å². The Morgan fingerprint density at radius 2 is 1.12 bits per heavy atom. The molecule has 0 amide bonds. The minimum atomic E-state index is -4.75. The van der Waals surface area contributed by atoms with Gasteiger partial charge in [0.15, 0.2) is 0 Å². The molecular formula is C44H29BBr2F8N2. The fourth-order valence-corrected chi connectivity index (χ4v) is 7.82. The van der Waals surface area contributed by atoms with Crippen LogP contribution < -0.4 is 0 Å². The Morgan fingerprint density at radius 1 is 0.614 bits per heavy atom. The summed E-state index contributed by atoms with van der Waals surface area (Å²) < 4.78 is 120. The minimum absolute atomic E-state index is 0.000127. The summed E-state index contributed by atoms with van der Waals surface area (Å²) in [6.45, 7) is 5.44. The molecule has 0 unspecified atom stereocenters. The highest BCUT2D eigenvalue weighted by Gasteiger charge is 2.37. The lowest BCUT2D eigenvalue weighted by Crippen LogP contribution is -2.19. The SMILES string of the molecule is Cc1cc(C)c(/C(=C2/N=C(c3ccc(Br)cc3)C=C2c2cccc(C(F)(F)F)c2)c2c(-c3cccc(C(F)(F)F)c3)cc(-c3ccc(Br)cc3)n2B(F)F)c(C)c1. The van der Waals surface area contributed by atoms with Gasteiger partial charge in [-0.25, -0.2) is 4.99 Å². The average molecular weight is 908 g/mol. The van der Waals surface area contributed by atoms with E-state index in [-0.39, 0.29) is 44.9 Å². The lowest BCUT2D eigenvalue weighted by Gasteiger charge is -2.22. The highest BCUT2D eigenvalue weighted by Crippen LogP contribution is 2.48. The molecule has 13 heteroatoms. The number of benzene rings is 5. The van der Waals surface area contributed by atoms with Crippen LogP contribution in [-0.2, 0) is 12.4 Å². The molecule has 0 N–H and O–H groups in total. The Kier molecular flexibility index (Phi) is 10.9. The smallest absolute Gasteiger partial charge is 0.324 e. The minimum Gasteiger partial charge on any atom is -0.324 e. The molecule has 288 valence electrons. The normalized spacial score (nSPS) is 14.1. The third kappa shape index (κ3) is 8.09. The fourth-order valence-electron chi connectivity index (χ4n) is 7.29. The molecule has 1 aliphatic rings. The van der Waals surface area contributed by atoms with Gasteiger partial charge >= 0.3 is 19.8 Å². The predicted octanol–water partition coefficient (Wildman–Crippen LogP) is 14.4. The molecule has 0 radical (unpaired) electrons. The molecule has 0 atom stereocenters. The molecule has 6 aromatic rings. The van der Waals surface area contributed by atoms with Crippen molar-refractivity contribution in [2.45, 2.75) is 33.1 Å². The highest BCUT2D eigenvalue weighted by molar-refractivity contribution is 9.10. The number of allylic oxidation sites excluding steroid dienone is 2. The lowest BCUT2D eigenvalue weighted by atomic mass is 9.85. The summed E-state index contributed by atoms with van der Waals surface area (Å²) >= 11 is 6.80. The van der Waals surface area contributed by atoms with Crippen molar-refractivity contribution in [3.63, 3.8) is 0 Å². The van der Waals surface area contributed by atoms with Gasteiger partial charge < -0.3 is 4.48 Å². The number of hydrogen-bond acceptors (Lipinski definition) is 1. The van der Waals surface area contributed by atoms with E-state index in [1.807, 2.05) is 19.1 Å². The molecular weight excluding hydrogens is 879 g/mol. The molecule has 0 saturated carbocycles. The van der Waals surface area contributed by atoms with Gasteiger partial charge in [-0.3, -0.25) is 8.63 Å². The van der Waals surface area contributed by atoms with Gasteiger partial charge in [-0.05, 0) is 115 Å². The van der Waals surface area contributed by atoms with E-state index in [4.69, 9.17) is 4.99 Å². The Labute approximate surface area is 340 Å². The van der Waals surface area contributed by atoms with Crippen LogP contribution in [0.1, 0.15) is 50.2 Å². The largest absolute Gasteiger partial charge is 0.678 e. The van der Waals surface area contributed by atoms with Crippen molar-refractivity contribution in [1.82, 2.24) is 4.48 Å². The first-order chi connectivity index (χ1) is 26.9. The van der Waals surface area contributed by atoms with E-state index in [1.54, 1.807) is 68.5 Å². The Balaban J connectivity index is 1.69. The fraction of sp³-hybridized carbons (Fsp3) is 0.114. The van der Waals surface area contributed by atoms with Gasteiger partial charge in [-0.2, -0.15) is 26.3 Å². The average Bonchev–Trinajstić information content (AvgIpc) is 3.76. The number of halogens is 10. The third-order valence-electron chi connectivity index (χ3n) is 9.68. The number of aromatic nitrogens is 1. The summed E-state index contributed by atoms with van der Waals surface area (Å²) in [5.74, 6) is 0. The monoisotopic (exact) mass is 906 g/mol. The topological polar surface area (TPSA) is 17.3 Å². The maximum atomic E-state index is 16.0. The molecule has 0 spiro atoms. The maximum Gasteiger partial charge on any atom is 0.678 e. The van der Waals surface area contributed by atoms with E-state index in [0.717, 1.165) is 38.8 Å². The van der Waals surface area contributed by atoms with Crippen molar-refractivity contribution in [3.05, 3.63) is 186 Å². The molecule has 7 rings (SSSR count). The zero-order valence-electron chi connectivity index (χ0n) is 30.3. The van der Waals surface area contributed by atoms with Crippen molar-refractivity contribution in [2.75, 3.05) is 0 Å². The number of aliphatic imine (C=N–C) groups is 1. The van der Waals surface area contributed by atoms with Crippen LogP contribution in [0.3, 0.4) is 0 Å². The standard InChI is InChI=1S/C44H29BBr2F8N2/c1-24-18-25(2)39(26(3)19-24)40(41-35(29-6-4-8-31(20-29)43(48,49)50)22-37(56-41)27-10-14-33(46)15-11-27)42-36(30-7-5-9-32(21-30)44(51,52)53)23-38(57(42)45(54)55)28-12-16-34(47)17-13-28/h4-23H,1-3H3/b41-40-. The molecule has 2 nitrogen and oxygen atoms in total. The van der Waals surface area contributed by atoms with Gasteiger partial charge in [-0.15, -0.1) is 0 Å². The molecule has 0 aliphatic carbocycles. The lowest BCUT2D eigenvalue weighted by molar-refractivity contribution is -0.138. The van der Waals surface area contributed by atoms with Gasteiger partial charge in [0.25, 0.3) is 0 Å². The molecule has 1 aliphatic heterocycles. The Morgan fingerprint density at radius 3 is 1.65 bits per heavy atom. The zero-order chi connectivity index (χ0) is 41.0. The molecule has 2 heterocycles. The first kappa shape index (κ1) is 40.2. The van der Waals surface area contributed by atoms with E-state index in [0.29, 0.717) is 38.0 Å². The Hall–Kier alpha value is -5.01. The van der Waals surface area contributed by atoms with Gasteiger partial charge in [0.05, 0.1) is 28.2 Å². The van der Waals surface area contributed by atoms with Crippen molar-refractivity contribution < 1.29 is 35.0 Å². The number of alkyl halides is 6. The van der Waals surface area contributed by atoms with Crippen LogP contribution in [0.2, 0.25) is 0 Å². The van der Waals surface area contributed by atoms with Crippen LogP contribution in [0.5, 0.6) is 0 Å². The molecule has 1 aromatic heterocycles. The van der Waals surface area contributed by atoms with Gasteiger partial charge in [0.1, 0.15) is 0 Å². The summed E-state index contributed by atoms with van der Waals surface area (Å²) in [7, 11) is -3.24. The molecule has 5 aromatic carbocycles. The van der Waals surface area contributed by atoms with Crippen molar-refractivity contribution >= 4 is 56.1 Å². The van der Waals surface area contributed by atoms with E-state index >= 15 is 8.63 Å². The van der Waals surface area contributed by atoms with Crippen LogP contribution in [0.4, 0.5) is 35.0 Å². The predicted molar refractivity (Wildman–Crippen MR) is 218 cm³/mol.